The maximum Gasteiger partial charge on any atom is 0.348 e. The molecule has 0 spiro atoms. The van der Waals surface area contributed by atoms with Crippen molar-refractivity contribution in [3.63, 3.8) is 0 Å². The molecule has 38 heavy (non-hydrogen) atoms. The summed E-state index contributed by atoms with van der Waals surface area (Å²) in [5.74, 6) is -4.34. The number of nitrogens with one attached hydrogen (secondary N) is 1. The van der Waals surface area contributed by atoms with Crippen LogP contribution < -0.4 is 5.32 Å². The van der Waals surface area contributed by atoms with Crippen LogP contribution >= 0.6 is 21.6 Å². The monoisotopic (exact) mass is 581 g/mol. The number of pyridine rings is 1. The average Bonchev–Trinajstić information content (AvgIpc) is 3.19. The molecule has 0 bridgehead atoms. The second-order valence-corrected chi connectivity index (χ2v) is 12.4. The van der Waals surface area contributed by atoms with E-state index in [9.17, 15) is 37.3 Å². The Labute approximate surface area is 227 Å². The second-order valence-electron chi connectivity index (χ2n) is 8.64. The van der Waals surface area contributed by atoms with Crippen molar-refractivity contribution in [1.82, 2.24) is 15.2 Å². The van der Waals surface area contributed by atoms with Crippen LogP contribution in [0.2, 0.25) is 0 Å². The van der Waals surface area contributed by atoms with Crippen LogP contribution in [0.5, 0.6) is 0 Å². The van der Waals surface area contributed by atoms with Gasteiger partial charge in [0.05, 0.1) is 5.56 Å². The van der Waals surface area contributed by atoms with Gasteiger partial charge in [0, 0.05) is 30.5 Å². The van der Waals surface area contributed by atoms with Gasteiger partial charge in [-0.1, -0.05) is 18.2 Å². The Morgan fingerprint density at radius 3 is 2.29 bits per heavy atom. The number of carbonyl (C=O) groups excluding carboxylic acids is 3. The summed E-state index contributed by atoms with van der Waals surface area (Å²) >= 11 is 0. The van der Waals surface area contributed by atoms with Gasteiger partial charge in [0.15, 0.2) is 0 Å². The number of imide groups is 1. The summed E-state index contributed by atoms with van der Waals surface area (Å²) in [4.78, 5) is 51.5. The molecule has 0 aliphatic carbocycles. The Hall–Kier alpha value is -2.94. The fourth-order valence-electron chi connectivity index (χ4n) is 4.08. The van der Waals surface area contributed by atoms with E-state index in [1.165, 1.54) is 21.6 Å². The van der Waals surface area contributed by atoms with E-state index in [-0.39, 0.29) is 43.0 Å². The van der Waals surface area contributed by atoms with E-state index in [1.54, 1.807) is 13.1 Å². The number of aliphatic carboxylic acids is 1. The number of nitrogens with zero attached hydrogens (tertiary/aromatic N) is 2. The van der Waals surface area contributed by atoms with Gasteiger partial charge in [-0.15, -0.1) is 0 Å². The van der Waals surface area contributed by atoms with Crippen molar-refractivity contribution in [2.75, 3.05) is 6.54 Å². The Bertz CT molecular complexity index is 1340. The van der Waals surface area contributed by atoms with Crippen molar-refractivity contribution < 1.29 is 37.3 Å². The molecule has 3 rings (SSSR count). The van der Waals surface area contributed by atoms with Crippen LogP contribution in [-0.2, 0) is 24.5 Å². The number of hydrogen-bond acceptors (Lipinski definition) is 9. The lowest BCUT2D eigenvalue weighted by molar-refractivity contribution is -0.157. The van der Waals surface area contributed by atoms with Gasteiger partial charge in [-0.05, 0) is 78.0 Å². The Kier molecular flexibility index (Phi) is 9.57. The van der Waals surface area contributed by atoms with E-state index in [1.807, 2.05) is 37.3 Å². The van der Waals surface area contributed by atoms with E-state index in [0.29, 0.717) is 5.56 Å². The van der Waals surface area contributed by atoms with Crippen LogP contribution in [0, 0.1) is 13.8 Å². The topological polar surface area (TPSA) is 171 Å². The summed E-state index contributed by atoms with van der Waals surface area (Å²) in [5.41, 5.74) is 2.12. The van der Waals surface area contributed by atoms with Crippen LogP contribution in [0.3, 0.4) is 0 Å². The molecule has 1 atom stereocenters. The number of hydrogen-bond donors (Lipinski definition) is 3. The molecule has 11 nitrogen and oxygen atoms in total. The third-order valence-corrected chi connectivity index (χ3v) is 9.91. The van der Waals surface area contributed by atoms with Gasteiger partial charge in [-0.3, -0.25) is 18.9 Å². The van der Waals surface area contributed by atoms with Crippen LogP contribution in [0.4, 0.5) is 0 Å². The standard InChI is InChI=1S/C24H27N3O8S3/c1-15-8-9-16(2)21(37-36-17-7-3-5-13-25-17)20(15)22(30)26-14-6-4-12-24(23(31)32,38(33,34)35)27-18(28)10-11-19(27)29/h3,5,7-9,13H,4,6,10-12,14H2,1-2H3,(H,26,30)(H,31,32)(H,33,34,35). The number of benzene rings is 1. The van der Waals surface area contributed by atoms with Crippen LogP contribution in [0.15, 0.2) is 46.5 Å². The molecular weight excluding hydrogens is 554 g/mol. The largest absolute Gasteiger partial charge is 0.479 e. The minimum atomic E-state index is -5.38. The first-order chi connectivity index (χ1) is 17.9. The van der Waals surface area contributed by atoms with Crippen molar-refractivity contribution in [1.29, 1.82) is 0 Å². The van der Waals surface area contributed by atoms with Crippen molar-refractivity contribution in [2.45, 2.75) is 60.7 Å². The highest BCUT2D eigenvalue weighted by Gasteiger charge is 2.60. The Morgan fingerprint density at radius 1 is 1.05 bits per heavy atom. The molecule has 2 heterocycles. The summed E-state index contributed by atoms with van der Waals surface area (Å²) in [5, 5.41) is 13.2. The summed E-state index contributed by atoms with van der Waals surface area (Å²) < 4.78 is 34.1. The van der Waals surface area contributed by atoms with E-state index < -0.39 is 39.2 Å². The van der Waals surface area contributed by atoms with Gasteiger partial charge >= 0.3 is 16.1 Å². The third kappa shape index (κ3) is 6.20. The van der Waals surface area contributed by atoms with Gasteiger partial charge in [0.25, 0.3) is 10.8 Å². The molecule has 1 aromatic carbocycles. The van der Waals surface area contributed by atoms with Crippen molar-refractivity contribution in [3.05, 3.63) is 53.2 Å². The summed E-state index contributed by atoms with van der Waals surface area (Å²) in [7, 11) is -2.57. The van der Waals surface area contributed by atoms with E-state index in [2.05, 4.69) is 10.3 Å². The zero-order valence-corrected chi connectivity index (χ0v) is 23.1. The molecule has 0 radical (unpaired) electrons. The quantitative estimate of drug-likeness (QED) is 0.145. The SMILES string of the molecule is Cc1ccc(C)c(C(=O)NCCCCC(C(=O)O)(N2C(=O)CCC2=O)S(=O)(=O)O)c1SSc1ccccn1. The third-order valence-electron chi connectivity index (χ3n) is 6.04. The number of amides is 3. The average molecular weight is 582 g/mol. The Balaban J connectivity index is 1.68. The maximum atomic E-state index is 13.1. The molecule has 1 aliphatic rings. The summed E-state index contributed by atoms with van der Waals surface area (Å²) in [6, 6.07) is 9.27. The number of carboxylic acids is 1. The number of carbonyl (C=O) groups is 4. The second kappa shape index (κ2) is 12.3. The van der Waals surface area contributed by atoms with Gasteiger partial charge in [-0.25, -0.2) is 14.7 Å². The lowest BCUT2D eigenvalue weighted by Crippen LogP contribution is -2.61. The van der Waals surface area contributed by atoms with Crippen LogP contribution in [-0.4, -0.2) is 63.1 Å². The lowest BCUT2D eigenvalue weighted by Gasteiger charge is -2.33. The van der Waals surface area contributed by atoms with E-state index in [0.717, 1.165) is 21.0 Å². The predicted molar refractivity (Wildman–Crippen MR) is 141 cm³/mol. The molecule has 3 amide bonds. The molecule has 3 N–H and O–H groups in total. The molecule has 14 heteroatoms. The summed E-state index contributed by atoms with van der Waals surface area (Å²) in [6.45, 7) is 3.76. The van der Waals surface area contributed by atoms with Gasteiger partial charge in [0.2, 0.25) is 11.8 Å². The van der Waals surface area contributed by atoms with Crippen molar-refractivity contribution in [2.24, 2.45) is 0 Å². The van der Waals surface area contributed by atoms with Crippen molar-refractivity contribution >= 4 is 55.4 Å². The van der Waals surface area contributed by atoms with Gasteiger partial charge < -0.3 is 10.4 Å². The number of carboxylic acid groups (broad SMARTS) is 1. The first kappa shape index (κ1) is 29.6. The molecule has 204 valence electrons. The molecule has 1 aromatic heterocycles. The maximum absolute atomic E-state index is 13.1. The number of rotatable bonds is 12. The molecule has 0 saturated carbocycles. The minimum absolute atomic E-state index is 0.0623. The zero-order chi connectivity index (χ0) is 28.1. The first-order valence-corrected chi connectivity index (χ1v) is 15.2. The van der Waals surface area contributed by atoms with Crippen molar-refractivity contribution in [3.8, 4) is 0 Å². The van der Waals surface area contributed by atoms with E-state index >= 15 is 0 Å². The first-order valence-electron chi connectivity index (χ1n) is 11.6. The highest BCUT2D eigenvalue weighted by molar-refractivity contribution is 8.76. The highest BCUT2D eigenvalue weighted by Crippen LogP contribution is 2.41. The number of likely N-dealkylation sites (tertiary alicyclic amines) is 1. The predicted octanol–water partition coefficient (Wildman–Crippen LogP) is 3.22. The van der Waals surface area contributed by atoms with Crippen LogP contribution in [0.25, 0.3) is 0 Å². The molecule has 1 fully saturated rings. The van der Waals surface area contributed by atoms with Gasteiger partial charge in [-0.2, -0.15) is 8.42 Å². The molecular formula is C24H27N3O8S3. The van der Waals surface area contributed by atoms with Gasteiger partial charge in [0.1, 0.15) is 5.03 Å². The highest BCUT2D eigenvalue weighted by atomic mass is 33.1. The zero-order valence-electron chi connectivity index (χ0n) is 20.7. The summed E-state index contributed by atoms with van der Waals surface area (Å²) in [6.07, 6.45) is 0.286. The minimum Gasteiger partial charge on any atom is -0.479 e. The van der Waals surface area contributed by atoms with E-state index in [4.69, 9.17) is 0 Å². The normalized spacial score (nSPS) is 15.4. The lowest BCUT2D eigenvalue weighted by atomic mass is 10.0. The molecule has 1 aliphatic heterocycles. The number of unbranched alkanes of at least 4 members (excludes halogenated alkanes) is 1. The van der Waals surface area contributed by atoms with Crippen LogP contribution in [0.1, 0.15) is 53.6 Å². The molecule has 2 aromatic rings. The Morgan fingerprint density at radius 2 is 1.71 bits per heavy atom. The smallest absolute Gasteiger partial charge is 0.348 e. The molecule has 1 unspecified atom stereocenters. The number of aromatic nitrogens is 1. The fraction of sp³-hybridized carbons (Fsp3) is 0.375. The fourth-order valence-corrected chi connectivity index (χ4v) is 7.53. The number of aryl methyl sites for hydroxylation is 2. The molecule has 1 saturated heterocycles.